The molecule has 1 N–H and O–H groups in total. The zero-order chi connectivity index (χ0) is 17.6. The summed E-state index contributed by atoms with van der Waals surface area (Å²) in [5.41, 5.74) is 1.06. The summed E-state index contributed by atoms with van der Waals surface area (Å²) < 4.78 is 24.3. The Morgan fingerprint density at radius 3 is 2.54 bits per heavy atom. The van der Waals surface area contributed by atoms with E-state index in [1.807, 2.05) is 30.3 Å². The number of amides is 1. The maximum atomic E-state index is 12.2. The monoisotopic (exact) mass is 353 g/mol. The van der Waals surface area contributed by atoms with Gasteiger partial charge in [-0.05, 0) is 37.7 Å². The average Bonchev–Trinajstić information content (AvgIpc) is 2.55. The van der Waals surface area contributed by atoms with Gasteiger partial charge >= 0.3 is 5.97 Å². The van der Waals surface area contributed by atoms with Gasteiger partial charge in [0.25, 0.3) is 0 Å². The van der Waals surface area contributed by atoms with Crippen molar-refractivity contribution in [3.05, 3.63) is 35.9 Å². The minimum Gasteiger partial charge on any atom is -0.480 e. The van der Waals surface area contributed by atoms with Crippen LogP contribution in [0, 0.1) is 0 Å². The quantitative estimate of drug-likeness (QED) is 0.802. The molecule has 0 saturated carbocycles. The van der Waals surface area contributed by atoms with Crippen molar-refractivity contribution in [3.63, 3.8) is 0 Å². The molecule has 1 atom stereocenters. The van der Waals surface area contributed by atoms with Gasteiger partial charge in [0.2, 0.25) is 5.91 Å². The summed E-state index contributed by atoms with van der Waals surface area (Å²) in [6.07, 6.45) is 2.92. The van der Waals surface area contributed by atoms with E-state index in [-0.39, 0.29) is 5.75 Å². The molecule has 132 valence electrons. The number of piperidine rings is 1. The molecule has 24 heavy (non-hydrogen) atoms. The molecule has 1 fully saturated rings. The van der Waals surface area contributed by atoms with Gasteiger partial charge in [0.1, 0.15) is 11.8 Å². The zero-order valence-electron chi connectivity index (χ0n) is 13.6. The highest BCUT2D eigenvalue weighted by molar-refractivity contribution is 7.92. The number of sulfone groups is 1. The summed E-state index contributed by atoms with van der Waals surface area (Å²) in [6.45, 7) is 0.315. The predicted molar refractivity (Wildman–Crippen MR) is 90.4 cm³/mol. The first-order chi connectivity index (χ1) is 11.4. The molecule has 7 heteroatoms. The van der Waals surface area contributed by atoms with E-state index in [0.29, 0.717) is 32.2 Å². The number of benzene rings is 1. The van der Waals surface area contributed by atoms with E-state index in [1.165, 1.54) is 4.90 Å². The summed E-state index contributed by atoms with van der Waals surface area (Å²) in [6, 6.07) is 8.67. The second-order valence-electron chi connectivity index (χ2n) is 6.12. The molecule has 0 bridgehead atoms. The molecule has 0 aliphatic carbocycles. The minimum absolute atomic E-state index is 0.0702. The molecule has 6 nitrogen and oxygen atoms in total. The lowest BCUT2D eigenvalue weighted by Gasteiger charge is -2.32. The number of carboxylic acids is 1. The van der Waals surface area contributed by atoms with E-state index in [2.05, 4.69) is 0 Å². The first kappa shape index (κ1) is 18.4. The number of carbonyl (C=O) groups excluding carboxylic acids is 1. The molecule has 1 aromatic carbocycles. The summed E-state index contributed by atoms with van der Waals surface area (Å²) in [7, 11) is -3.53. The number of carboxylic acid groups (broad SMARTS) is 1. The zero-order valence-corrected chi connectivity index (χ0v) is 14.4. The van der Waals surface area contributed by atoms with E-state index in [9.17, 15) is 23.1 Å². The number of hydrogen-bond acceptors (Lipinski definition) is 4. The van der Waals surface area contributed by atoms with E-state index in [0.717, 1.165) is 12.0 Å². The van der Waals surface area contributed by atoms with Gasteiger partial charge in [0, 0.05) is 6.54 Å². The number of hydrogen-bond donors (Lipinski definition) is 1. The van der Waals surface area contributed by atoms with Gasteiger partial charge in [-0.3, -0.25) is 4.79 Å². The van der Waals surface area contributed by atoms with Crippen LogP contribution in [0.15, 0.2) is 30.3 Å². The highest BCUT2D eigenvalue weighted by Gasteiger charge is 2.33. The van der Waals surface area contributed by atoms with Crippen LogP contribution in [0.5, 0.6) is 0 Å². The average molecular weight is 353 g/mol. The SMILES string of the molecule is O=C(O)[C@@H]1CCCCN1C(=O)CS(=O)(=O)CCCc1ccccc1. The Bertz CT molecular complexity index is 671. The molecule has 0 unspecified atom stereocenters. The van der Waals surface area contributed by atoms with Gasteiger partial charge in [-0.2, -0.15) is 0 Å². The van der Waals surface area contributed by atoms with Crippen molar-refractivity contribution in [2.24, 2.45) is 0 Å². The first-order valence-corrected chi connectivity index (χ1v) is 9.98. The molecule has 1 amide bonds. The van der Waals surface area contributed by atoms with Gasteiger partial charge in [0.15, 0.2) is 9.84 Å². The Balaban J connectivity index is 1.88. The van der Waals surface area contributed by atoms with Crippen molar-refractivity contribution in [1.82, 2.24) is 4.90 Å². The van der Waals surface area contributed by atoms with Crippen molar-refractivity contribution < 1.29 is 23.1 Å². The predicted octanol–water partition coefficient (Wildman–Crippen LogP) is 1.50. The second kappa shape index (κ2) is 8.28. The fourth-order valence-electron chi connectivity index (χ4n) is 2.97. The maximum Gasteiger partial charge on any atom is 0.326 e. The number of rotatable bonds is 7. The lowest BCUT2D eigenvalue weighted by Crippen LogP contribution is -2.49. The van der Waals surface area contributed by atoms with Crippen LogP contribution in [0.1, 0.15) is 31.2 Å². The van der Waals surface area contributed by atoms with Gasteiger partial charge in [-0.15, -0.1) is 0 Å². The van der Waals surface area contributed by atoms with Crippen LogP contribution >= 0.6 is 0 Å². The highest BCUT2D eigenvalue weighted by Crippen LogP contribution is 2.18. The molecular formula is C17H23NO5S. The summed E-state index contributed by atoms with van der Waals surface area (Å²) in [5, 5.41) is 9.18. The Hall–Kier alpha value is -1.89. The number of likely N-dealkylation sites (tertiary alicyclic amines) is 1. The first-order valence-electron chi connectivity index (χ1n) is 8.16. The molecule has 1 heterocycles. The largest absolute Gasteiger partial charge is 0.480 e. The van der Waals surface area contributed by atoms with Crippen LogP contribution in [-0.2, 0) is 25.8 Å². The molecule has 0 radical (unpaired) electrons. The summed E-state index contributed by atoms with van der Waals surface area (Å²) in [5.74, 6) is -2.34. The number of aryl methyl sites for hydroxylation is 1. The van der Waals surface area contributed by atoms with Crippen LogP contribution in [0.25, 0.3) is 0 Å². The van der Waals surface area contributed by atoms with Gasteiger partial charge in [-0.1, -0.05) is 30.3 Å². The molecular weight excluding hydrogens is 330 g/mol. The third-order valence-electron chi connectivity index (χ3n) is 4.22. The van der Waals surface area contributed by atoms with Gasteiger partial charge < -0.3 is 10.0 Å². The number of carbonyl (C=O) groups is 2. The van der Waals surface area contributed by atoms with E-state index in [4.69, 9.17) is 0 Å². The molecule has 1 saturated heterocycles. The second-order valence-corrected chi connectivity index (χ2v) is 8.30. The van der Waals surface area contributed by atoms with E-state index in [1.54, 1.807) is 0 Å². The Kier molecular flexibility index (Phi) is 6.36. The van der Waals surface area contributed by atoms with Crippen molar-refractivity contribution >= 4 is 21.7 Å². The lowest BCUT2D eigenvalue weighted by atomic mass is 10.0. The molecule has 2 rings (SSSR count). The van der Waals surface area contributed by atoms with Gasteiger partial charge in [0.05, 0.1) is 5.75 Å². The fourth-order valence-corrected chi connectivity index (χ4v) is 4.24. The fraction of sp³-hybridized carbons (Fsp3) is 0.529. The van der Waals surface area contributed by atoms with Crippen LogP contribution in [-0.4, -0.2) is 54.4 Å². The normalized spacial score (nSPS) is 18.3. The van der Waals surface area contributed by atoms with E-state index < -0.39 is 33.5 Å². The van der Waals surface area contributed by atoms with Crippen molar-refractivity contribution in [3.8, 4) is 0 Å². The molecule has 1 aromatic rings. The number of nitrogens with zero attached hydrogens (tertiary/aromatic N) is 1. The molecule has 1 aliphatic rings. The van der Waals surface area contributed by atoms with Crippen molar-refractivity contribution in [1.29, 1.82) is 0 Å². The van der Waals surface area contributed by atoms with Crippen molar-refractivity contribution in [2.45, 2.75) is 38.1 Å². The maximum absolute atomic E-state index is 12.2. The Morgan fingerprint density at radius 2 is 1.88 bits per heavy atom. The minimum atomic E-state index is -3.53. The van der Waals surface area contributed by atoms with Crippen LogP contribution in [0.3, 0.4) is 0 Å². The number of aliphatic carboxylic acids is 1. The highest BCUT2D eigenvalue weighted by atomic mass is 32.2. The lowest BCUT2D eigenvalue weighted by molar-refractivity contribution is -0.151. The molecule has 1 aliphatic heterocycles. The summed E-state index contributed by atoms with van der Waals surface area (Å²) in [4.78, 5) is 24.7. The Morgan fingerprint density at radius 1 is 1.17 bits per heavy atom. The van der Waals surface area contributed by atoms with Crippen molar-refractivity contribution in [2.75, 3.05) is 18.1 Å². The molecule has 0 spiro atoms. The van der Waals surface area contributed by atoms with Crippen LogP contribution in [0.4, 0.5) is 0 Å². The Labute approximate surface area is 142 Å². The summed E-state index contributed by atoms with van der Waals surface area (Å²) >= 11 is 0. The van der Waals surface area contributed by atoms with Crippen LogP contribution in [0.2, 0.25) is 0 Å². The smallest absolute Gasteiger partial charge is 0.326 e. The van der Waals surface area contributed by atoms with Crippen LogP contribution < -0.4 is 0 Å². The molecule has 0 aromatic heterocycles. The van der Waals surface area contributed by atoms with Gasteiger partial charge in [-0.25, -0.2) is 13.2 Å². The topological polar surface area (TPSA) is 91.8 Å². The van der Waals surface area contributed by atoms with E-state index >= 15 is 0 Å². The third-order valence-corrected chi connectivity index (χ3v) is 5.81. The standard InChI is InChI=1S/C17H23NO5S/c19-16(18-11-5-4-10-15(18)17(20)21)13-24(22,23)12-6-9-14-7-2-1-3-8-14/h1-3,7-8,15H,4-6,9-13H2,(H,20,21)/t15-/m0/s1. The third kappa shape index (κ3) is 5.33.